The molecule has 2 aromatic rings. The molecule has 0 radical (unpaired) electrons. The van der Waals surface area contributed by atoms with E-state index in [1.165, 1.54) is 43.2 Å². The van der Waals surface area contributed by atoms with Gasteiger partial charge >= 0.3 is 0 Å². The summed E-state index contributed by atoms with van der Waals surface area (Å²) < 4.78 is 7.54. The molecule has 3 N–H and O–H groups in total. The number of nitrogens with one attached hydrogen (secondary N) is 2. The van der Waals surface area contributed by atoms with Crippen LogP contribution >= 0.6 is 15.9 Å². The summed E-state index contributed by atoms with van der Waals surface area (Å²) in [4.78, 5) is 0. The molecule has 4 atom stereocenters. The standard InChI is InChI=1S/C26H33BrN2O2/c1-17(15-30)29-25-23(31-16-18-7-3-2-4-8-18)14-22-20(24(25)27)13-19-10-12-28-26(22)11-6-5-9-21(19)26/h2-4,7-8,14,17,19,21,28-30H,5-6,9-13,15-16H2,1H3. The molecule has 1 saturated heterocycles. The molecule has 5 rings (SSSR count). The van der Waals surface area contributed by atoms with Crippen LogP contribution in [0.2, 0.25) is 0 Å². The summed E-state index contributed by atoms with van der Waals surface area (Å²) in [6.07, 6.45) is 7.58. The molecule has 1 saturated carbocycles. The van der Waals surface area contributed by atoms with E-state index >= 15 is 0 Å². The van der Waals surface area contributed by atoms with Gasteiger partial charge in [0.15, 0.2) is 0 Å². The number of hydrogen-bond donors (Lipinski definition) is 3. The summed E-state index contributed by atoms with van der Waals surface area (Å²) in [5.41, 5.74) is 5.07. The third kappa shape index (κ3) is 3.79. The van der Waals surface area contributed by atoms with Crippen LogP contribution in [0.25, 0.3) is 0 Å². The molecule has 2 fully saturated rings. The highest BCUT2D eigenvalue weighted by Crippen LogP contribution is 2.56. The van der Waals surface area contributed by atoms with E-state index in [1.807, 2.05) is 25.1 Å². The van der Waals surface area contributed by atoms with E-state index in [1.54, 1.807) is 0 Å². The highest BCUT2D eigenvalue weighted by molar-refractivity contribution is 9.10. The molecule has 0 aromatic heterocycles. The molecule has 4 nitrogen and oxygen atoms in total. The van der Waals surface area contributed by atoms with E-state index in [0.717, 1.165) is 46.3 Å². The minimum Gasteiger partial charge on any atom is -0.487 e. The van der Waals surface area contributed by atoms with Gasteiger partial charge in [-0.15, -0.1) is 0 Å². The highest BCUT2D eigenvalue weighted by atomic mass is 79.9. The first-order chi connectivity index (χ1) is 15.1. The number of halogens is 1. The molecule has 31 heavy (non-hydrogen) atoms. The lowest BCUT2D eigenvalue weighted by Gasteiger charge is -2.56. The second kappa shape index (κ2) is 8.76. The number of ether oxygens (including phenoxy) is 1. The molecule has 2 aliphatic carbocycles. The van der Waals surface area contributed by atoms with E-state index in [9.17, 15) is 5.11 Å². The minimum atomic E-state index is -0.0461. The number of aliphatic hydroxyl groups excluding tert-OH is 1. The van der Waals surface area contributed by atoms with Gasteiger partial charge in [0.1, 0.15) is 12.4 Å². The Bertz CT molecular complexity index is 931. The number of rotatable bonds is 6. The molecule has 2 aromatic carbocycles. The first-order valence-electron chi connectivity index (χ1n) is 11.8. The van der Waals surface area contributed by atoms with E-state index in [2.05, 4.69) is 44.8 Å². The zero-order valence-corrected chi connectivity index (χ0v) is 19.9. The van der Waals surface area contributed by atoms with Crippen molar-refractivity contribution >= 4 is 21.6 Å². The Morgan fingerprint density at radius 2 is 2.10 bits per heavy atom. The number of piperidine rings is 1. The van der Waals surface area contributed by atoms with Crippen molar-refractivity contribution < 1.29 is 9.84 Å². The van der Waals surface area contributed by atoms with Crippen LogP contribution in [0.5, 0.6) is 5.75 Å². The number of fused-ring (bicyclic) bond motifs is 1. The summed E-state index contributed by atoms with van der Waals surface area (Å²) in [6.45, 7) is 3.72. The maximum absolute atomic E-state index is 9.68. The van der Waals surface area contributed by atoms with Gasteiger partial charge in [0, 0.05) is 16.1 Å². The van der Waals surface area contributed by atoms with Crippen LogP contribution in [-0.2, 0) is 18.6 Å². The van der Waals surface area contributed by atoms with Crippen LogP contribution in [0.4, 0.5) is 5.69 Å². The molecule has 1 heterocycles. The second-order valence-corrected chi connectivity index (χ2v) is 10.4. The van der Waals surface area contributed by atoms with Crippen molar-refractivity contribution in [2.24, 2.45) is 11.8 Å². The summed E-state index contributed by atoms with van der Waals surface area (Å²) >= 11 is 3.97. The van der Waals surface area contributed by atoms with Gasteiger partial charge in [-0.05, 0) is 89.7 Å². The Kier molecular flexibility index (Phi) is 6.02. The van der Waals surface area contributed by atoms with Gasteiger partial charge in [0.05, 0.1) is 12.3 Å². The van der Waals surface area contributed by atoms with Crippen molar-refractivity contribution in [1.82, 2.24) is 5.32 Å². The Balaban J connectivity index is 1.59. The molecule has 2 bridgehead atoms. The van der Waals surface area contributed by atoms with Gasteiger partial charge in [-0.25, -0.2) is 0 Å². The Hall–Kier alpha value is -1.56. The molecule has 4 unspecified atom stereocenters. The van der Waals surface area contributed by atoms with Crippen LogP contribution in [-0.4, -0.2) is 24.3 Å². The maximum atomic E-state index is 9.68. The van der Waals surface area contributed by atoms with Crippen LogP contribution in [0.15, 0.2) is 40.9 Å². The molecular formula is C26H33BrN2O2. The fraction of sp³-hybridized carbons (Fsp3) is 0.538. The average Bonchev–Trinajstić information content (AvgIpc) is 2.80. The number of benzene rings is 2. The quantitative estimate of drug-likeness (QED) is 0.515. The molecule has 166 valence electrons. The van der Waals surface area contributed by atoms with Crippen molar-refractivity contribution in [3.8, 4) is 5.75 Å². The molecule has 0 spiro atoms. The minimum absolute atomic E-state index is 0.0461. The zero-order chi connectivity index (χ0) is 21.4. The van der Waals surface area contributed by atoms with Gasteiger partial charge in [0.2, 0.25) is 0 Å². The highest BCUT2D eigenvalue weighted by Gasteiger charge is 2.52. The molecule has 5 heteroatoms. The topological polar surface area (TPSA) is 53.5 Å². The van der Waals surface area contributed by atoms with Gasteiger partial charge in [0.25, 0.3) is 0 Å². The van der Waals surface area contributed by atoms with Crippen molar-refractivity contribution in [2.75, 3.05) is 18.5 Å². The predicted molar refractivity (Wildman–Crippen MR) is 129 cm³/mol. The van der Waals surface area contributed by atoms with Crippen molar-refractivity contribution in [2.45, 2.75) is 63.6 Å². The lowest BCUT2D eigenvalue weighted by Crippen LogP contribution is -2.59. The summed E-state index contributed by atoms with van der Waals surface area (Å²) in [6, 6.07) is 12.6. The van der Waals surface area contributed by atoms with E-state index in [4.69, 9.17) is 4.74 Å². The van der Waals surface area contributed by atoms with Crippen molar-refractivity contribution in [3.63, 3.8) is 0 Å². The van der Waals surface area contributed by atoms with Crippen LogP contribution < -0.4 is 15.4 Å². The summed E-state index contributed by atoms with van der Waals surface area (Å²) in [5.74, 6) is 2.36. The third-order valence-electron chi connectivity index (χ3n) is 7.67. The Labute approximate surface area is 193 Å². The maximum Gasteiger partial charge on any atom is 0.144 e. The van der Waals surface area contributed by atoms with Crippen molar-refractivity contribution in [3.05, 3.63) is 57.6 Å². The average molecular weight is 485 g/mol. The summed E-state index contributed by atoms with van der Waals surface area (Å²) in [7, 11) is 0. The fourth-order valence-corrected chi connectivity index (χ4v) is 6.90. The second-order valence-electron chi connectivity index (χ2n) is 9.60. The Morgan fingerprint density at radius 1 is 1.26 bits per heavy atom. The first-order valence-corrected chi connectivity index (χ1v) is 12.6. The van der Waals surface area contributed by atoms with Gasteiger partial charge in [-0.3, -0.25) is 0 Å². The first kappa shape index (κ1) is 21.3. The smallest absolute Gasteiger partial charge is 0.144 e. The van der Waals surface area contributed by atoms with Crippen LogP contribution in [0, 0.1) is 11.8 Å². The number of aliphatic hydroxyl groups is 1. The zero-order valence-electron chi connectivity index (χ0n) is 18.3. The van der Waals surface area contributed by atoms with Gasteiger partial charge in [-0.2, -0.15) is 0 Å². The fourth-order valence-electron chi connectivity index (χ4n) is 6.22. The number of hydrogen-bond acceptors (Lipinski definition) is 4. The third-order valence-corrected chi connectivity index (χ3v) is 8.55. The van der Waals surface area contributed by atoms with Crippen LogP contribution in [0.3, 0.4) is 0 Å². The lowest BCUT2D eigenvalue weighted by molar-refractivity contribution is 0.0343. The molecule has 0 amide bonds. The summed E-state index contributed by atoms with van der Waals surface area (Å²) in [5, 5.41) is 17.2. The molecular weight excluding hydrogens is 452 g/mol. The monoisotopic (exact) mass is 484 g/mol. The van der Waals surface area contributed by atoms with E-state index in [0.29, 0.717) is 6.61 Å². The number of anilines is 1. The molecule has 3 aliphatic rings. The largest absolute Gasteiger partial charge is 0.487 e. The molecule has 1 aliphatic heterocycles. The normalized spacial score (nSPS) is 27.7. The Morgan fingerprint density at radius 3 is 2.90 bits per heavy atom. The van der Waals surface area contributed by atoms with Crippen LogP contribution in [0.1, 0.15) is 55.7 Å². The van der Waals surface area contributed by atoms with Gasteiger partial charge < -0.3 is 20.5 Å². The van der Waals surface area contributed by atoms with E-state index < -0.39 is 0 Å². The predicted octanol–water partition coefficient (Wildman–Crippen LogP) is 5.37. The van der Waals surface area contributed by atoms with Gasteiger partial charge in [-0.1, -0.05) is 43.2 Å². The van der Waals surface area contributed by atoms with E-state index in [-0.39, 0.29) is 18.2 Å². The van der Waals surface area contributed by atoms with Crippen molar-refractivity contribution in [1.29, 1.82) is 0 Å². The lowest BCUT2D eigenvalue weighted by atomic mass is 9.56. The SMILES string of the molecule is CC(CO)Nc1c(OCc2ccccc2)cc2c(c1Br)CC1CCNC23CCCCC13.